The molecule has 4 N–H and O–H groups in total. The number of rotatable bonds is 6. The Morgan fingerprint density at radius 1 is 0.800 bits per heavy atom. The Morgan fingerprint density at radius 2 is 1.52 bits per heavy atom. The number of carbonyl (C=O) groups excluding carboxylic acids is 2. The molecular formula is C32H52N4O4. The molecule has 5 aliphatic heterocycles. The molecule has 0 radical (unpaired) electrons. The monoisotopic (exact) mass is 556 g/mol. The Morgan fingerprint density at radius 3 is 2.27 bits per heavy atom. The van der Waals surface area contributed by atoms with Gasteiger partial charge < -0.3 is 30.7 Å². The minimum atomic E-state index is -0.148. The van der Waals surface area contributed by atoms with Gasteiger partial charge in [0, 0.05) is 61.2 Å². The lowest BCUT2D eigenvalue weighted by Gasteiger charge is -2.27. The molecule has 5 rings (SSSR count). The number of fused-ring (bicyclic) bond motifs is 8. The molecule has 224 valence electrons. The summed E-state index contributed by atoms with van der Waals surface area (Å²) >= 11 is 0. The zero-order valence-corrected chi connectivity index (χ0v) is 25.4. The molecule has 5 aliphatic rings. The van der Waals surface area contributed by atoms with E-state index in [2.05, 4.69) is 55.0 Å². The average Bonchev–Trinajstić information content (AvgIpc) is 3.62. The van der Waals surface area contributed by atoms with Crippen LogP contribution in [-0.4, -0.2) is 74.5 Å². The van der Waals surface area contributed by atoms with E-state index in [1.54, 1.807) is 0 Å². The van der Waals surface area contributed by atoms with E-state index in [1.165, 1.54) is 37.4 Å². The third kappa shape index (κ3) is 6.35. The molecule has 3 fully saturated rings. The first-order chi connectivity index (χ1) is 19.2. The van der Waals surface area contributed by atoms with Crippen LogP contribution < -0.4 is 21.3 Å². The van der Waals surface area contributed by atoms with E-state index in [0.29, 0.717) is 72.9 Å². The summed E-state index contributed by atoms with van der Waals surface area (Å²) < 4.78 is 10.0. The van der Waals surface area contributed by atoms with Crippen LogP contribution in [0.1, 0.15) is 85.5 Å². The van der Waals surface area contributed by atoms with Crippen LogP contribution in [0.15, 0.2) is 22.8 Å². The molecule has 40 heavy (non-hydrogen) atoms. The van der Waals surface area contributed by atoms with Gasteiger partial charge >= 0.3 is 11.9 Å². The fraction of sp³-hybridized carbons (Fsp3) is 0.812. The Labute approximate surface area is 240 Å². The number of hydrogen-bond acceptors (Lipinski definition) is 8. The van der Waals surface area contributed by atoms with Crippen molar-refractivity contribution < 1.29 is 19.1 Å². The standard InChI is InChI=1S/C32H52N4O4/c1-17-11-22-14-27-19(3)23(7-9-31(37)39-5)29(35-27)16-30-24(8-10-32(38)40-6)20(4)28(36-30)15-26-18(2)12-21(34-26)13-25(17)33-22/h12,17,20-22,24-30,33-36H,7-11,13-16H2,1-6H3. The van der Waals surface area contributed by atoms with Gasteiger partial charge in [0.1, 0.15) is 0 Å². The Bertz CT molecular complexity index is 1010. The third-order valence-corrected chi connectivity index (χ3v) is 11.1. The predicted octanol–water partition coefficient (Wildman–Crippen LogP) is 3.37. The van der Waals surface area contributed by atoms with Gasteiger partial charge in [-0.05, 0) is 76.5 Å². The summed E-state index contributed by atoms with van der Waals surface area (Å²) in [5, 5.41) is 16.1. The summed E-state index contributed by atoms with van der Waals surface area (Å²) in [7, 11) is 2.95. The zero-order chi connectivity index (χ0) is 28.6. The van der Waals surface area contributed by atoms with E-state index in [4.69, 9.17) is 9.47 Å². The summed E-state index contributed by atoms with van der Waals surface area (Å²) in [5.41, 5.74) is 4.25. The van der Waals surface area contributed by atoms with E-state index < -0.39 is 0 Å². The van der Waals surface area contributed by atoms with Crippen molar-refractivity contribution in [3.05, 3.63) is 22.8 Å². The highest BCUT2D eigenvalue weighted by Gasteiger charge is 2.45. The van der Waals surface area contributed by atoms with Gasteiger partial charge in [-0.25, -0.2) is 0 Å². The second kappa shape index (κ2) is 12.6. The summed E-state index contributed by atoms with van der Waals surface area (Å²) in [6, 6.07) is 3.03. The van der Waals surface area contributed by atoms with Crippen LogP contribution in [0.5, 0.6) is 0 Å². The second-order valence-corrected chi connectivity index (χ2v) is 13.4. The molecular weight excluding hydrogens is 504 g/mol. The topological polar surface area (TPSA) is 101 Å². The van der Waals surface area contributed by atoms with Crippen LogP contribution in [0.3, 0.4) is 0 Å². The first-order valence-corrected chi connectivity index (χ1v) is 15.7. The molecule has 0 saturated carbocycles. The minimum absolute atomic E-state index is 0.128. The van der Waals surface area contributed by atoms with Crippen molar-refractivity contribution in [2.75, 3.05) is 14.2 Å². The number of hydrogen-bond donors (Lipinski definition) is 4. The molecule has 0 aromatic carbocycles. The smallest absolute Gasteiger partial charge is 0.305 e. The van der Waals surface area contributed by atoms with E-state index in [9.17, 15) is 9.59 Å². The highest BCUT2D eigenvalue weighted by atomic mass is 16.5. The van der Waals surface area contributed by atoms with Gasteiger partial charge in [-0.15, -0.1) is 0 Å². The van der Waals surface area contributed by atoms with Gasteiger partial charge in [0.2, 0.25) is 0 Å². The first kappa shape index (κ1) is 29.7. The Hall–Kier alpha value is -1.74. The molecule has 8 bridgehead atoms. The third-order valence-electron chi connectivity index (χ3n) is 11.1. The van der Waals surface area contributed by atoms with Crippen LogP contribution in [0, 0.1) is 17.8 Å². The summed E-state index contributed by atoms with van der Waals surface area (Å²) in [6.45, 7) is 9.33. The molecule has 11 unspecified atom stereocenters. The van der Waals surface area contributed by atoms with Gasteiger partial charge in [0.25, 0.3) is 0 Å². The average molecular weight is 557 g/mol. The molecule has 0 amide bonds. The highest BCUT2D eigenvalue weighted by Crippen LogP contribution is 2.40. The fourth-order valence-corrected chi connectivity index (χ4v) is 8.66. The minimum Gasteiger partial charge on any atom is -0.469 e. The SMILES string of the molecule is COC(=O)CCC1=C(C)C2CC3CC(C)C(CC4C=C(C)C(CC5NC(CC1N2)C(CCC(=O)OC)C5C)N4)N3. The van der Waals surface area contributed by atoms with Crippen molar-refractivity contribution in [1.82, 2.24) is 21.3 Å². The van der Waals surface area contributed by atoms with Crippen molar-refractivity contribution in [2.24, 2.45) is 17.8 Å². The van der Waals surface area contributed by atoms with E-state index in [1.807, 2.05) is 0 Å². The Balaban J connectivity index is 1.42. The van der Waals surface area contributed by atoms with Gasteiger partial charge in [-0.2, -0.15) is 0 Å². The molecule has 11 atom stereocenters. The van der Waals surface area contributed by atoms with E-state index in [0.717, 1.165) is 38.5 Å². The normalized spacial score (nSPS) is 41.2. The maximum Gasteiger partial charge on any atom is 0.305 e. The van der Waals surface area contributed by atoms with Crippen LogP contribution in [-0.2, 0) is 19.1 Å². The predicted molar refractivity (Wildman–Crippen MR) is 157 cm³/mol. The van der Waals surface area contributed by atoms with Crippen molar-refractivity contribution in [1.29, 1.82) is 0 Å². The van der Waals surface area contributed by atoms with Gasteiger partial charge in [-0.1, -0.05) is 36.6 Å². The van der Waals surface area contributed by atoms with Crippen molar-refractivity contribution in [2.45, 2.75) is 134 Å². The number of carbonyl (C=O) groups is 2. The molecule has 8 heteroatoms. The molecule has 5 heterocycles. The summed E-state index contributed by atoms with van der Waals surface area (Å²) in [5.74, 6) is 1.23. The van der Waals surface area contributed by atoms with Crippen LogP contribution in [0.25, 0.3) is 0 Å². The largest absolute Gasteiger partial charge is 0.469 e. The quantitative estimate of drug-likeness (QED) is 0.292. The van der Waals surface area contributed by atoms with Gasteiger partial charge in [0.15, 0.2) is 0 Å². The number of methoxy groups -OCH3 is 2. The van der Waals surface area contributed by atoms with Crippen molar-refractivity contribution in [3.8, 4) is 0 Å². The lowest BCUT2D eigenvalue weighted by Crippen LogP contribution is -2.45. The number of esters is 2. The molecule has 0 aromatic rings. The molecule has 0 aromatic heterocycles. The highest BCUT2D eigenvalue weighted by molar-refractivity contribution is 5.69. The van der Waals surface area contributed by atoms with Crippen molar-refractivity contribution in [3.63, 3.8) is 0 Å². The van der Waals surface area contributed by atoms with Crippen LogP contribution in [0.2, 0.25) is 0 Å². The number of nitrogens with one attached hydrogen (secondary N) is 4. The lowest BCUT2D eigenvalue weighted by molar-refractivity contribution is -0.141. The maximum absolute atomic E-state index is 12.1. The van der Waals surface area contributed by atoms with Crippen molar-refractivity contribution >= 4 is 11.9 Å². The molecule has 3 saturated heterocycles. The summed E-state index contributed by atoms with van der Waals surface area (Å²) in [4.78, 5) is 24.3. The van der Waals surface area contributed by atoms with Gasteiger partial charge in [0.05, 0.1) is 14.2 Å². The van der Waals surface area contributed by atoms with Crippen LogP contribution >= 0.6 is 0 Å². The lowest BCUT2D eigenvalue weighted by atomic mass is 9.80. The fourth-order valence-electron chi connectivity index (χ4n) is 8.66. The molecule has 8 nitrogen and oxygen atoms in total. The van der Waals surface area contributed by atoms with E-state index >= 15 is 0 Å². The second-order valence-electron chi connectivity index (χ2n) is 13.4. The number of ether oxygens (including phenoxy) is 2. The summed E-state index contributed by atoms with van der Waals surface area (Å²) in [6.07, 6.45) is 10.3. The molecule has 0 aliphatic carbocycles. The molecule has 0 spiro atoms. The Kier molecular flexibility index (Phi) is 9.40. The maximum atomic E-state index is 12.1. The van der Waals surface area contributed by atoms with Crippen LogP contribution in [0.4, 0.5) is 0 Å². The first-order valence-electron chi connectivity index (χ1n) is 15.7. The zero-order valence-electron chi connectivity index (χ0n) is 25.4. The van der Waals surface area contributed by atoms with E-state index in [-0.39, 0.29) is 18.0 Å². The van der Waals surface area contributed by atoms with Gasteiger partial charge in [-0.3, -0.25) is 9.59 Å².